The number of fused-ring (bicyclic) bond motifs is 1. The van der Waals surface area contributed by atoms with E-state index >= 15 is 0 Å². The molecule has 9 nitrogen and oxygen atoms in total. The van der Waals surface area contributed by atoms with Gasteiger partial charge in [0.15, 0.2) is 0 Å². The Morgan fingerprint density at radius 1 is 1.00 bits per heavy atom. The first-order valence-corrected chi connectivity index (χ1v) is 12.3. The molecule has 1 heterocycles. The third-order valence-corrected chi connectivity index (χ3v) is 5.28. The highest BCUT2D eigenvalue weighted by atomic mass is 35.5. The normalized spacial score (nSPS) is 13.6. The molecular weight excluding hydrogens is 494 g/mol. The van der Waals surface area contributed by atoms with Crippen LogP contribution in [-0.4, -0.2) is 45.3 Å². The van der Waals surface area contributed by atoms with E-state index in [0.29, 0.717) is 27.5 Å². The molecule has 0 saturated heterocycles. The highest BCUT2D eigenvalue weighted by Crippen LogP contribution is 2.30. The van der Waals surface area contributed by atoms with Gasteiger partial charge >= 0.3 is 6.09 Å². The van der Waals surface area contributed by atoms with Crippen molar-refractivity contribution in [3.63, 3.8) is 0 Å². The van der Waals surface area contributed by atoms with Gasteiger partial charge in [-0.2, -0.15) is 0 Å². The van der Waals surface area contributed by atoms with E-state index in [1.807, 2.05) is 26.8 Å². The molecule has 0 saturated carbocycles. The Hall–Kier alpha value is -3.43. The highest BCUT2D eigenvalue weighted by molar-refractivity contribution is 6.31. The summed E-state index contributed by atoms with van der Waals surface area (Å²) in [6.07, 6.45) is -1.37. The van der Waals surface area contributed by atoms with Crippen molar-refractivity contribution in [1.82, 2.24) is 15.3 Å². The predicted molar refractivity (Wildman–Crippen MR) is 146 cm³/mol. The molecule has 2 amide bonds. The molecular formula is C27H34ClN5O4. The minimum Gasteiger partial charge on any atom is -0.444 e. The largest absolute Gasteiger partial charge is 0.444 e. The summed E-state index contributed by atoms with van der Waals surface area (Å²) in [5, 5.41) is 6.78. The van der Waals surface area contributed by atoms with E-state index in [1.165, 1.54) is 0 Å². The Morgan fingerprint density at radius 3 is 2.35 bits per heavy atom. The summed E-state index contributed by atoms with van der Waals surface area (Å²) >= 11 is 6.21. The Kier molecular flexibility index (Phi) is 8.29. The molecule has 0 aliphatic carbocycles. The van der Waals surface area contributed by atoms with Crippen molar-refractivity contribution in [3.05, 3.63) is 47.5 Å². The lowest BCUT2D eigenvalue weighted by atomic mass is 10.1. The number of aromatic nitrogens is 2. The third-order valence-electron chi connectivity index (χ3n) is 5.04. The number of nitrogens with zero attached hydrogens (tertiary/aromatic N) is 2. The van der Waals surface area contributed by atoms with Crippen LogP contribution >= 0.6 is 11.6 Å². The first-order valence-electron chi connectivity index (χ1n) is 11.9. The van der Waals surface area contributed by atoms with E-state index in [2.05, 4.69) is 20.6 Å². The van der Waals surface area contributed by atoms with Crippen LogP contribution in [0.2, 0.25) is 5.02 Å². The van der Waals surface area contributed by atoms with Crippen LogP contribution in [0.3, 0.4) is 0 Å². The second-order valence-electron chi connectivity index (χ2n) is 10.7. The first-order chi connectivity index (χ1) is 17.1. The molecule has 2 aromatic carbocycles. The molecule has 4 N–H and O–H groups in total. The summed E-state index contributed by atoms with van der Waals surface area (Å²) in [5.41, 5.74) is 7.10. The maximum absolute atomic E-state index is 13.4. The minimum absolute atomic E-state index is 0.119. The topological polar surface area (TPSA) is 128 Å². The number of carbonyl (C=O) groups is 2. The molecule has 1 aromatic heterocycles. The quantitative estimate of drug-likeness (QED) is 0.382. The maximum atomic E-state index is 13.4. The number of nitrogens with two attached hydrogens (primary N) is 1. The summed E-state index contributed by atoms with van der Waals surface area (Å²) in [7, 11) is 0. The average Bonchev–Trinajstić information content (AvgIpc) is 2.75. The number of nitrogens with one attached hydrogen (secondary N) is 2. The summed E-state index contributed by atoms with van der Waals surface area (Å²) in [4.78, 5) is 34.6. The lowest BCUT2D eigenvalue weighted by Crippen LogP contribution is -2.53. The van der Waals surface area contributed by atoms with Gasteiger partial charge < -0.3 is 25.8 Å². The molecule has 198 valence electrons. The molecule has 1 unspecified atom stereocenters. The minimum atomic E-state index is -1.02. The Morgan fingerprint density at radius 2 is 1.70 bits per heavy atom. The van der Waals surface area contributed by atoms with Crippen LogP contribution in [0, 0.1) is 0 Å². The van der Waals surface area contributed by atoms with Crippen LogP contribution in [-0.2, 0) is 14.3 Å². The van der Waals surface area contributed by atoms with E-state index < -0.39 is 35.3 Å². The molecule has 0 radical (unpaired) electrons. The monoisotopic (exact) mass is 527 g/mol. The summed E-state index contributed by atoms with van der Waals surface area (Å²) in [6.45, 7) is 12.6. The summed E-state index contributed by atoms with van der Waals surface area (Å²) in [5.74, 6) is -0.344. The number of nitrogen functional groups attached to an aromatic ring is 1. The van der Waals surface area contributed by atoms with Crippen molar-refractivity contribution >= 4 is 46.1 Å². The van der Waals surface area contributed by atoms with Crippen molar-refractivity contribution in [1.29, 1.82) is 0 Å². The molecule has 0 aliphatic heterocycles. The van der Waals surface area contributed by atoms with Crippen molar-refractivity contribution in [2.75, 3.05) is 11.1 Å². The van der Waals surface area contributed by atoms with Crippen molar-refractivity contribution in [2.24, 2.45) is 0 Å². The zero-order chi connectivity index (χ0) is 27.5. The smallest absolute Gasteiger partial charge is 0.408 e. The number of alkyl carbamates (subject to hydrolysis) is 1. The molecule has 0 fully saturated rings. The first kappa shape index (κ1) is 28.1. The van der Waals surface area contributed by atoms with Crippen LogP contribution in [0.5, 0.6) is 0 Å². The van der Waals surface area contributed by atoms with E-state index in [9.17, 15) is 9.59 Å². The second kappa shape index (κ2) is 10.9. The summed E-state index contributed by atoms with van der Waals surface area (Å²) in [6, 6.07) is 11.4. The number of ether oxygens (including phenoxy) is 2. The summed E-state index contributed by atoms with van der Waals surface area (Å²) < 4.78 is 11.3. The van der Waals surface area contributed by atoms with Gasteiger partial charge in [0.1, 0.15) is 11.6 Å². The van der Waals surface area contributed by atoms with Gasteiger partial charge in [-0.1, -0.05) is 23.7 Å². The lowest BCUT2D eigenvalue weighted by molar-refractivity contribution is -0.126. The Bertz CT molecular complexity index is 1300. The molecule has 3 aromatic rings. The number of hydrogen-bond donors (Lipinski definition) is 3. The van der Waals surface area contributed by atoms with Gasteiger partial charge in [-0.15, -0.1) is 0 Å². The van der Waals surface area contributed by atoms with Gasteiger partial charge in [-0.25, -0.2) is 14.8 Å². The van der Waals surface area contributed by atoms with E-state index in [0.717, 1.165) is 5.39 Å². The van der Waals surface area contributed by atoms with Gasteiger partial charge in [0.25, 0.3) is 0 Å². The predicted octanol–water partition coefficient (Wildman–Crippen LogP) is 5.57. The fourth-order valence-corrected chi connectivity index (χ4v) is 3.93. The standard InChI is InChI=1S/C27H34ClN5O4/c1-15(36-26(2,3)4)21(33-25(35)37-27(5,6)7)23(34)30-18-10-8-9-16(13-18)22-19-14-17(28)11-12-20(19)31-24(29)32-22/h8-15,21H,1-7H3,(H,30,34)(H,33,35)(H2,29,31,32)/t15?,21-/m1/s1. The fourth-order valence-electron chi connectivity index (χ4n) is 3.76. The van der Waals surface area contributed by atoms with E-state index in [-0.39, 0.29) is 5.95 Å². The Labute approximate surface area is 222 Å². The molecule has 37 heavy (non-hydrogen) atoms. The van der Waals surface area contributed by atoms with E-state index in [4.69, 9.17) is 26.8 Å². The molecule has 0 spiro atoms. The van der Waals surface area contributed by atoms with Crippen LogP contribution in [0.15, 0.2) is 42.5 Å². The van der Waals surface area contributed by atoms with Crippen LogP contribution in [0.1, 0.15) is 48.5 Å². The SMILES string of the molecule is CC(OC(C)(C)C)[C@@H](NC(=O)OC(C)(C)C)C(=O)Nc1cccc(-c2nc(N)nc3ccc(Cl)cc23)c1. The Balaban J connectivity index is 1.91. The van der Waals surface area contributed by atoms with Gasteiger partial charge in [0.05, 0.1) is 22.9 Å². The lowest BCUT2D eigenvalue weighted by Gasteiger charge is -2.31. The number of anilines is 2. The fraction of sp³-hybridized carbons (Fsp3) is 0.407. The number of hydrogen-bond acceptors (Lipinski definition) is 7. The number of halogens is 1. The maximum Gasteiger partial charge on any atom is 0.408 e. The molecule has 10 heteroatoms. The van der Waals surface area contributed by atoms with Gasteiger partial charge in [0.2, 0.25) is 11.9 Å². The highest BCUT2D eigenvalue weighted by Gasteiger charge is 2.32. The van der Waals surface area contributed by atoms with Crippen molar-refractivity contribution < 1.29 is 19.1 Å². The molecule has 2 atom stereocenters. The average molecular weight is 528 g/mol. The molecule has 0 bridgehead atoms. The van der Waals surface area contributed by atoms with Crippen LogP contribution < -0.4 is 16.4 Å². The zero-order valence-electron chi connectivity index (χ0n) is 22.2. The number of carbonyl (C=O) groups excluding carboxylic acids is 2. The van der Waals surface area contributed by atoms with Gasteiger partial charge in [-0.05, 0) is 78.8 Å². The third kappa shape index (κ3) is 8.03. The van der Waals surface area contributed by atoms with Crippen molar-refractivity contribution in [2.45, 2.75) is 71.8 Å². The van der Waals surface area contributed by atoms with E-state index in [1.54, 1.807) is 64.1 Å². The van der Waals surface area contributed by atoms with Crippen molar-refractivity contribution in [3.8, 4) is 11.3 Å². The number of amides is 2. The molecule has 3 rings (SSSR count). The van der Waals surface area contributed by atoms with Crippen LogP contribution in [0.4, 0.5) is 16.4 Å². The van der Waals surface area contributed by atoms with Crippen LogP contribution in [0.25, 0.3) is 22.2 Å². The second-order valence-corrected chi connectivity index (χ2v) is 11.2. The zero-order valence-corrected chi connectivity index (χ0v) is 22.9. The van der Waals surface area contributed by atoms with Gasteiger partial charge in [-0.3, -0.25) is 4.79 Å². The van der Waals surface area contributed by atoms with Gasteiger partial charge in [0, 0.05) is 21.7 Å². The number of rotatable bonds is 6. The number of benzene rings is 2. The molecule has 0 aliphatic rings.